The summed E-state index contributed by atoms with van der Waals surface area (Å²) in [5, 5.41) is 11.4. The Bertz CT molecular complexity index is 405. The lowest BCUT2D eigenvalue weighted by Gasteiger charge is -2.36. The second kappa shape index (κ2) is 4.97. The van der Waals surface area contributed by atoms with Crippen molar-refractivity contribution in [2.24, 2.45) is 0 Å². The zero-order chi connectivity index (χ0) is 12.5. The fourth-order valence-corrected chi connectivity index (χ4v) is 2.73. The molecule has 1 aromatic carbocycles. The van der Waals surface area contributed by atoms with Gasteiger partial charge in [0.25, 0.3) is 0 Å². The number of ether oxygens (including phenoxy) is 1. The molecule has 1 aliphatic rings. The third-order valence-electron chi connectivity index (χ3n) is 3.72. The van der Waals surface area contributed by atoms with Gasteiger partial charge in [-0.15, -0.1) is 0 Å². The van der Waals surface area contributed by atoms with Gasteiger partial charge in [0, 0.05) is 18.6 Å². The van der Waals surface area contributed by atoms with Crippen molar-refractivity contribution in [3.8, 4) is 0 Å². The summed E-state index contributed by atoms with van der Waals surface area (Å²) >= 11 is 6.12. The van der Waals surface area contributed by atoms with E-state index in [0.29, 0.717) is 6.42 Å². The van der Waals surface area contributed by atoms with Gasteiger partial charge in [0.1, 0.15) is 0 Å². The fourth-order valence-electron chi connectivity index (χ4n) is 2.55. The smallest absolute Gasteiger partial charge is 0.0921 e. The number of aryl methyl sites for hydroxylation is 1. The molecule has 17 heavy (non-hydrogen) atoms. The molecule has 1 aromatic rings. The molecule has 1 N–H and O–H groups in total. The summed E-state index contributed by atoms with van der Waals surface area (Å²) < 4.78 is 5.37. The van der Waals surface area contributed by atoms with Crippen molar-refractivity contribution >= 4 is 11.6 Å². The number of hydrogen-bond acceptors (Lipinski definition) is 2. The molecular formula is C14H19ClO2. The maximum atomic E-state index is 10.7. The van der Waals surface area contributed by atoms with E-state index < -0.39 is 5.60 Å². The first-order valence-electron chi connectivity index (χ1n) is 6.07. The van der Waals surface area contributed by atoms with Crippen LogP contribution in [0.15, 0.2) is 18.2 Å². The van der Waals surface area contributed by atoms with Gasteiger partial charge in [-0.2, -0.15) is 0 Å². The molecule has 1 saturated carbocycles. The Morgan fingerprint density at radius 1 is 1.47 bits per heavy atom. The third-order valence-corrected chi connectivity index (χ3v) is 4.13. The molecule has 0 heterocycles. The molecule has 0 saturated heterocycles. The van der Waals surface area contributed by atoms with Gasteiger partial charge in [-0.1, -0.05) is 23.7 Å². The molecule has 94 valence electrons. The van der Waals surface area contributed by atoms with Crippen molar-refractivity contribution in [3.05, 3.63) is 34.3 Å². The summed E-state index contributed by atoms with van der Waals surface area (Å²) in [6.07, 6.45) is 3.60. The number of methoxy groups -OCH3 is 1. The topological polar surface area (TPSA) is 29.5 Å². The van der Waals surface area contributed by atoms with Crippen LogP contribution in [-0.2, 0) is 10.3 Å². The largest absolute Gasteiger partial charge is 0.385 e. The number of benzene rings is 1. The van der Waals surface area contributed by atoms with E-state index in [1.807, 2.05) is 25.1 Å². The van der Waals surface area contributed by atoms with Crippen molar-refractivity contribution in [2.45, 2.75) is 44.3 Å². The lowest BCUT2D eigenvalue weighted by molar-refractivity contribution is -0.0631. The van der Waals surface area contributed by atoms with E-state index in [2.05, 4.69) is 0 Å². The SMILES string of the molecule is COC1CCCC(O)(c2ccc(C)c(Cl)c2)C1. The van der Waals surface area contributed by atoms with Crippen molar-refractivity contribution < 1.29 is 9.84 Å². The normalized spacial score (nSPS) is 29.3. The number of halogens is 1. The molecule has 2 atom stereocenters. The molecule has 0 radical (unpaired) electrons. The molecule has 2 unspecified atom stereocenters. The van der Waals surface area contributed by atoms with Crippen LogP contribution in [0, 0.1) is 6.92 Å². The minimum Gasteiger partial charge on any atom is -0.385 e. The summed E-state index contributed by atoms with van der Waals surface area (Å²) in [7, 11) is 1.71. The van der Waals surface area contributed by atoms with Crippen molar-refractivity contribution in [1.29, 1.82) is 0 Å². The van der Waals surface area contributed by atoms with Gasteiger partial charge in [0.05, 0.1) is 11.7 Å². The highest BCUT2D eigenvalue weighted by Crippen LogP contribution is 2.39. The van der Waals surface area contributed by atoms with Crippen LogP contribution in [-0.4, -0.2) is 18.3 Å². The van der Waals surface area contributed by atoms with Crippen molar-refractivity contribution in [3.63, 3.8) is 0 Å². The van der Waals surface area contributed by atoms with Gasteiger partial charge >= 0.3 is 0 Å². The highest BCUT2D eigenvalue weighted by Gasteiger charge is 2.36. The predicted octanol–water partition coefficient (Wildman–Crippen LogP) is 3.43. The summed E-state index contributed by atoms with van der Waals surface area (Å²) in [6, 6.07) is 5.82. The quantitative estimate of drug-likeness (QED) is 0.876. The molecular weight excluding hydrogens is 236 g/mol. The van der Waals surface area contributed by atoms with Gasteiger partial charge in [0.2, 0.25) is 0 Å². The molecule has 0 aliphatic heterocycles. The van der Waals surface area contributed by atoms with E-state index in [9.17, 15) is 5.11 Å². The Morgan fingerprint density at radius 2 is 2.24 bits per heavy atom. The monoisotopic (exact) mass is 254 g/mol. The van der Waals surface area contributed by atoms with Crippen LogP contribution in [0.4, 0.5) is 0 Å². The van der Waals surface area contributed by atoms with Crippen LogP contribution in [0.5, 0.6) is 0 Å². The molecule has 0 aromatic heterocycles. The van der Waals surface area contributed by atoms with Gasteiger partial charge in [-0.05, 0) is 43.4 Å². The maximum absolute atomic E-state index is 10.7. The Morgan fingerprint density at radius 3 is 2.88 bits per heavy atom. The first-order chi connectivity index (χ1) is 8.05. The minimum atomic E-state index is -0.781. The Kier molecular flexibility index (Phi) is 3.76. The molecule has 3 heteroatoms. The van der Waals surface area contributed by atoms with Gasteiger partial charge in [-0.3, -0.25) is 0 Å². The highest BCUT2D eigenvalue weighted by atomic mass is 35.5. The Balaban J connectivity index is 2.27. The first kappa shape index (κ1) is 12.9. The van der Waals surface area contributed by atoms with Gasteiger partial charge < -0.3 is 9.84 Å². The van der Waals surface area contributed by atoms with Crippen LogP contribution in [0.2, 0.25) is 5.02 Å². The van der Waals surface area contributed by atoms with E-state index >= 15 is 0 Å². The molecule has 2 rings (SSSR count). The van der Waals surface area contributed by atoms with Crippen molar-refractivity contribution in [2.75, 3.05) is 7.11 Å². The van der Waals surface area contributed by atoms with Crippen LogP contribution in [0.3, 0.4) is 0 Å². The van der Waals surface area contributed by atoms with Gasteiger partial charge in [-0.25, -0.2) is 0 Å². The van der Waals surface area contributed by atoms with E-state index in [-0.39, 0.29) is 6.10 Å². The highest BCUT2D eigenvalue weighted by molar-refractivity contribution is 6.31. The molecule has 0 amide bonds. The predicted molar refractivity (Wildman–Crippen MR) is 69.4 cm³/mol. The van der Waals surface area contributed by atoms with Gasteiger partial charge in [0.15, 0.2) is 0 Å². The van der Waals surface area contributed by atoms with E-state index in [4.69, 9.17) is 16.3 Å². The molecule has 1 fully saturated rings. The van der Waals surface area contributed by atoms with E-state index in [1.165, 1.54) is 0 Å². The van der Waals surface area contributed by atoms with Crippen LogP contribution < -0.4 is 0 Å². The van der Waals surface area contributed by atoms with Crippen LogP contribution >= 0.6 is 11.6 Å². The Labute approximate surface area is 108 Å². The standard InChI is InChI=1S/C14H19ClO2/c1-10-5-6-11(8-13(10)15)14(16)7-3-4-12(9-14)17-2/h5-6,8,12,16H,3-4,7,9H2,1-2H3. The number of hydrogen-bond donors (Lipinski definition) is 1. The minimum absolute atomic E-state index is 0.147. The molecule has 0 bridgehead atoms. The number of rotatable bonds is 2. The zero-order valence-electron chi connectivity index (χ0n) is 10.4. The molecule has 2 nitrogen and oxygen atoms in total. The van der Waals surface area contributed by atoms with E-state index in [1.54, 1.807) is 7.11 Å². The Hall–Kier alpha value is -0.570. The lowest BCUT2D eigenvalue weighted by Crippen LogP contribution is -2.35. The molecule has 1 aliphatic carbocycles. The van der Waals surface area contributed by atoms with Crippen LogP contribution in [0.1, 0.15) is 36.8 Å². The second-order valence-corrected chi connectivity index (χ2v) is 5.36. The summed E-state index contributed by atoms with van der Waals surface area (Å²) in [5.74, 6) is 0. The second-order valence-electron chi connectivity index (χ2n) is 4.95. The number of aliphatic hydroxyl groups is 1. The average Bonchev–Trinajstić information content (AvgIpc) is 2.32. The van der Waals surface area contributed by atoms with Crippen molar-refractivity contribution in [1.82, 2.24) is 0 Å². The summed E-state index contributed by atoms with van der Waals surface area (Å²) in [5.41, 5.74) is 1.17. The first-order valence-corrected chi connectivity index (χ1v) is 6.45. The zero-order valence-corrected chi connectivity index (χ0v) is 11.1. The maximum Gasteiger partial charge on any atom is 0.0921 e. The molecule has 0 spiro atoms. The summed E-state index contributed by atoms with van der Waals surface area (Å²) in [4.78, 5) is 0. The lowest BCUT2D eigenvalue weighted by atomic mass is 9.78. The fraction of sp³-hybridized carbons (Fsp3) is 0.571. The van der Waals surface area contributed by atoms with Crippen LogP contribution in [0.25, 0.3) is 0 Å². The average molecular weight is 255 g/mol. The summed E-state index contributed by atoms with van der Waals surface area (Å²) in [6.45, 7) is 1.97. The van der Waals surface area contributed by atoms with E-state index in [0.717, 1.165) is 35.4 Å². The third kappa shape index (κ3) is 2.65.